The maximum absolute atomic E-state index is 6.25. The van der Waals surface area contributed by atoms with Crippen molar-refractivity contribution in [2.45, 2.75) is 0 Å². The molecule has 1 fully saturated rings. The van der Waals surface area contributed by atoms with Gasteiger partial charge in [0.2, 0.25) is 0 Å². The number of fused-ring (bicyclic) bond motifs is 1. The number of aromatic nitrogens is 2. The van der Waals surface area contributed by atoms with E-state index < -0.39 is 0 Å². The highest BCUT2D eigenvalue weighted by Gasteiger charge is 2.13. The van der Waals surface area contributed by atoms with E-state index in [4.69, 9.17) is 10.5 Å². The molecule has 122 valence electrons. The fourth-order valence-corrected chi connectivity index (χ4v) is 3.06. The minimum atomic E-state index is 0.757. The molecule has 5 heteroatoms. The van der Waals surface area contributed by atoms with Crippen LogP contribution in [0.15, 0.2) is 42.5 Å². The highest BCUT2D eigenvalue weighted by Crippen LogP contribution is 2.26. The molecular weight excluding hydrogens is 300 g/mol. The Morgan fingerprint density at radius 3 is 2.75 bits per heavy atom. The van der Waals surface area contributed by atoms with Gasteiger partial charge in [-0.25, -0.2) is 0 Å². The second-order valence-corrected chi connectivity index (χ2v) is 5.91. The largest absolute Gasteiger partial charge is 0.397 e. The molecule has 0 amide bonds. The monoisotopic (exact) mass is 320 g/mol. The van der Waals surface area contributed by atoms with Crippen LogP contribution in [0.4, 0.5) is 11.4 Å². The average molecular weight is 320 g/mol. The molecule has 3 aromatic rings. The van der Waals surface area contributed by atoms with Crippen molar-refractivity contribution in [1.82, 2.24) is 10.2 Å². The number of rotatable bonds is 3. The van der Waals surface area contributed by atoms with Crippen LogP contribution in [0.25, 0.3) is 23.1 Å². The molecule has 1 aliphatic rings. The van der Waals surface area contributed by atoms with Crippen molar-refractivity contribution in [1.29, 1.82) is 0 Å². The van der Waals surface area contributed by atoms with E-state index in [1.165, 1.54) is 0 Å². The van der Waals surface area contributed by atoms with Crippen molar-refractivity contribution in [2.75, 3.05) is 36.9 Å². The summed E-state index contributed by atoms with van der Waals surface area (Å²) < 4.78 is 5.40. The summed E-state index contributed by atoms with van der Waals surface area (Å²) in [7, 11) is 0. The molecule has 1 aliphatic heterocycles. The number of para-hydroxylation sites is 1. The smallest absolute Gasteiger partial charge is 0.0927 e. The van der Waals surface area contributed by atoms with Gasteiger partial charge in [-0.3, -0.25) is 5.10 Å². The molecule has 5 nitrogen and oxygen atoms in total. The van der Waals surface area contributed by atoms with Gasteiger partial charge in [0.05, 0.1) is 35.8 Å². The molecular formula is C19H20N4O. The predicted molar refractivity (Wildman–Crippen MR) is 98.9 cm³/mol. The molecule has 2 aromatic carbocycles. The Morgan fingerprint density at radius 1 is 1.08 bits per heavy atom. The molecule has 0 aliphatic carbocycles. The maximum Gasteiger partial charge on any atom is 0.0927 e. The van der Waals surface area contributed by atoms with Crippen molar-refractivity contribution in [3.05, 3.63) is 53.7 Å². The zero-order chi connectivity index (χ0) is 16.4. The molecule has 3 N–H and O–H groups in total. The van der Waals surface area contributed by atoms with E-state index in [1.54, 1.807) is 0 Å². The van der Waals surface area contributed by atoms with Crippen molar-refractivity contribution in [2.24, 2.45) is 0 Å². The van der Waals surface area contributed by atoms with E-state index >= 15 is 0 Å². The maximum atomic E-state index is 6.25. The molecule has 0 atom stereocenters. The molecule has 0 radical (unpaired) electrons. The Morgan fingerprint density at radius 2 is 1.92 bits per heavy atom. The Hall–Kier alpha value is -2.79. The van der Waals surface area contributed by atoms with Crippen LogP contribution in [0.5, 0.6) is 0 Å². The van der Waals surface area contributed by atoms with Gasteiger partial charge >= 0.3 is 0 Å². The summed E-state index contributed by atoms with van der Waals surface area (Å²) >= 11 is 0. The van der Waals surface area contributed by atoms with Gasteiger partial charge in [0.15, 0.2) is 0 Å². The van der Waals surface area contributed by atoms with Gasteiger partial charge in [-0.15, -0.1) is 0 Å². The van der Waals surface area contributed by atoms with Crippen molar-refractivity contribution < 1.29 is 4.74 Å². The number of nitrogens with zero attached hydrogens (tertiary/aromatic N) is 2. The molecule has 4 rings (SSSR count). The summed E-state index contributed by atoms with van der Waals surface area (Å²) in [6.07, 6.45) is 4.06. The molecule has 0 unspecified atom stereocenters. The van der Waals surface area contributed by atoms with Crippen LogP contribution in [-0.4, -0.2) is 36.5 Å². The Kier molecular flexibility index (Phi) is 3.92. The fraction of sp³-hybridized carbons (Fsp3) is 0.211. The van der Waals surface area contributed by atoms with Gasteiger partial charge in [0, 0.05) is 18.5 Å². The van der Waals surface area contributed by atoms with Crippen LogP contribution in [-0.2, 0) is 4.74 Å². The topological polar surface area (TPSA) is 67.2 Å². The van der Waals surface area contributed by atoms with E-state index in [1.807, 2.05) is 36.4 Å². The van der Waals surface area contributed by atoms with Gasteiger partial charge in [-0.05, 0) is 29.8 Å². The number of ether oxygens (including phenoxy) is 1. The molecule has 0 bridgehead atoms. The molecule has 24 heavy (non-hydrogen) atoms. The first-order valence-corrected chi connectivity index (χ1v) is 8.15. The Bertz CT molecular complexity index is 878. The third kappa shape index (κ3) is 2.86. The Balaban J connectivity index is 1.57. The number of hydrogen-bond donors (Lipinski definition) is 2. The van der Waals surface area contributed by atoms with Gasteiger partial charge < -0.3 is 15.4 Å². The lowest BCUT2D eigenvalue weighted by Crippen LogP contribution is -2.36. The number of morpholine rings is 1. The van der Waals surface area contributed by atoms with Crippen molar-refractivity contribution >= 4 is 34.4 Å². The summed E-state index contributed by atoms with van der Waals surface area (Å²) in [5.74, 6) is 0. The lowest BCUT2D eigenvalue weighted by Gasteiger charge is -2.29. The summed E-state index contributed by atoms with van der Waals surface area (Å²) in [5.41, 5.74) is 11.2. The summed E-state index contributed by atoms with van der Waals surface area (Å²) in [4.78, 5) is 2.27. The first kappa shape index (κ1) is 14.8. The highest BCUT2D eigenvalue weighted by atomic mass is 16.5. The number of aromatic amines is 1. The third-order valence-corrected chi connectivity index (χ3v) is 4.34. The number of nitrogens with two attached hydrogens (primary N) is 1. The van der Waals surface area contributed by atoms with Crippen molar-refractivity contribution in [3.8, 4) is 0 Å². The lowest BCUT2D eigenvalue weighted by atomic mass is 10.1. The SMILES string of the molecule is Nc1cc(C=Cc2n[nH]c3ccccc23)ccc1N1CCOCC1. The van der Waals surface area contributed by atoms with E-state index in [-0.39, 0.29) is 0 Å². The van der Waals surface area contributed by atoms with E-state index in [9.17, 15) is 0 Å². The number of hydrogen-bond acceptors (Lipinski definition) is 4. The van der Waals surface area contributed by atoms with E-state index in [0.29, 0.717) is 0 Å². The molecule has 1 saturated heterocycles. The lowest BCUT2D eigenvalue weighted by molar-refractivity contribution is 0.123. The van der Waals surface area contributed by atoms with Gasteiger partial charge in [0.25, 0.3) is 0 Å². The van der Waals surface area contributed by atoms with Gasteiger partial charge in [-0.2, -0.15) is 5.10 Å². The number of nitrogen functional groups attached to an aromatic ring is 1. The van der Waals surface area contributed by atoms with Gasteiger partial charge in [0.1, 0.15) is 0 Å². The first-order valence-electron chi connectivity index (χ1n) is 8.15. The zero-order valence-electron chi connectivity index (χ0n) is 13.4. The predicted octanol–water partition coefficient (Wildman–Crippen LogP) is 3.15. The molecule has 0 saturated carbocycles. The number of anilines is 2. The van der Waals surface area contributed by atoms with Crippen LogP contribution < -0.4 is 10.6 Å². The van der Waals surface area contributed by atoms with E-state index in [2.05, 4.69) is 33.3 Å². The average Bonchev–Trinajstić information content (AvgIpc) is 3.04. The summed E-state index contributed by atoms with van der Waals surface area (Å²) in [6.45, 7) is 3.29. The third-order valence-electron chi connectivity index (χ3n) is 4.34. The molecule has 0 spiro atoms. The quantitative estimate of drug-likeness (QED) is 0.728. The van der Waals surface area contributed by atoms with Crippen LogP contribution >= 0.6 is 0 Å². The minimum Gasteiger partial charge on any atom is -0.397 e. The van der Waals surface area contributed by atoms with Crippen LogP contribution in [0, 0.1) is 0 Å². The molecule has 1 aromatic heterocycles. The van der Waals surface area contributed by atoms with Crippen LogP contribution in [0.3, 0.4) is 0 Å². The Labute approximate surface area is 140 Å². The second-order valence-electron chi connectivity index (χ2n) is 5.91. The fourth-order valence-electron chi connectivity index (χ4n) is 3.06. The number of H-pyrrole nitrogens is 1. The number of nitrogens with one attached hydrogen (secondary N) is 1. The molecule has 2 heterocycles. The van der Waals surface area contributed by atoms with Gasteiger partial charge in [-0.1, -0.05) is 30.3 Å². The number of benzene rings is 2. The van der Waals surface area contributed by atoms with Crippen LogP contribution in [0.2, 0.25) is 0 Å². The second kappa shape index (κ2) is 6.37. The normalized spacial score (nSPS) is 15.4. The van der Waals surface area contributed by atoms with Crippen LogP contribution in [0.1, 0.15) is 11.3 Å². The summed E-state index contributed by atoms with van der Waals surface area (Å²) in [5, 5.41) is 8.52. The van der Waals surface area contributed by atoms with E-state index in [0.717, 1.165) is 59.8 Å². The first-order chi connectivity index (χ1) is 11.8. The zero-order valence-corrected chi connectivity index (χ0v) is 13.4. The highest BCUT2D eigenvalue weighted by molar-refractivity contribution is 5.89. The van der Waals surface area contributed by atoms with Crippen molar-refractivity contribution in [3.63, 3.8) is 0 Å². The summed E-state index contributed by atoms with van der Waals surface area (Å²) in [6, 6.07) is 14.3. The minimum absolute atomic E-state index is 0.757. The standard InChI is InChI=1S/C19H20N4O/c20-16-13-14(6-8-19(16)23-9-11-24-12-10-23)5-7-18-15-3-1-2-4-17(15)21-22-18/h1-8,13H,9-12,20H2,(H,21,22).